The second kappa shape index (κ2) is 6.41. The maximum absolute atomic E-state index is 11.9. The van der Waals surface area contributed by atoms with Crippen molar-refractivity contribution < 1.29 is 9.32 Å². The van der Waals surface area contributed by atoms with Gasteiger partial charge in [0.05, 0.1) is 12.1 Å². The molecule has 0 spiro atoms. The van der Waals surface area contributed by atoms with Crippen molar-refractivity contribution in [1.82, 2.24) is 10.1 Å². The Kier molecular flexibility index (Phi) is 4.16. The maximum Gasteiger partial charge on any atom is 0.231 e. The van der Waals surface area contributed by atoms with E-state index in [1.807, 2.05) is 12.1 Å². The van der Waals surface area contributed by atoms with Crippen LogP contribution in [0.15, 0.2) is 59.3 Å². The highest BCUT2D eigenvalue weighted by molar-refractivity contribution is 6.30. The van der Waals surface area contributed by atoms with Crippen molar-refractivity contribution in [3.63, 3.8) is 0 Å². The second-order valence-electron chi connectivity index (χ2n) is 4.63. The fourth-order valence-electron chi connectivity index (χ4n) is 1.93. The first-order chi connectivity index (χ1) is 10.7. The monoisotopic (exact) mass is 313 g/mol. The SMILES string of the molecule is O=C(Cc1cc(-c2ccc(Cl)cc2)on1)Nc1ccccn1. The lowest BCUT2D eigenvalue weighted by Crippen LogP contribution is -2.15. The molecule has 1 N–H and O–H groups in total. The van der Waals surface area contributed by atoms with Crippen molar-refractivity contribution in [3.05, 3.63) is 65.4 Å². The lowest BCUT2D eigenvalue weighted by Gasteiger charge is -2.01. The van der Waals surface area contributed by atoms with Crippen molar-refractivity contribution in [1.29, 1.82) is 0 Å². The lowest BCUT2D eigenvalue weighted by atomic mass is 10.1. The second-order valence-corrected chi connectivity index (χ2v) is 5.07. The van der Waals surface area contributed by atoms with Gasteiger partial charge in [-0.3, -0.25) is 4.79 Å². The Bertz CT molecular complexity index is 770. The number of pyridine rings is 1. The molecular formula is C16H12ClN3O2. The Morgan fingerprint density at radius 2 is 2.00 bits per heavy atom. The van der Waals surface area contributed by atoms with E-state index < -0.39 is 0 Å². The number of carbonyl (C=O) groups excluding carboxylic acids is 1. The third-order valence-corrected chi connectivity index (χ3v) is 3.21. The van der Waals surface area contributed by atoms with Gasteiger partial charge in [0, 0.05) is 22.8 Å². The summed E-state index contributed by atoms with van der Waals surface area (Å²) in [5.41, 5.74) is 1.41. The van der Waals surface area contributed by atoms with Gasteiger partial charge >= 0.3 is 0 Å². The van der Waals surface area contributed by atoms with E-state index in [1.54, 1.807) is 42.6 Å². The van der Waals surface area contributed by atoms with Crippen LogP contribution in [0, 0.1) is 0 Å². The Morgan fingerprint density at radius 3 is 2.73 bits per heavy atom. The molecule has 1 aromatic carbocycles. The van der Waals surface area contributed by atoms with Gasteiger partial charge in [-0.15, -0.1) is 0 Å². The van der Waals surface area contributed by atoms with E-state index in [2.05, 4.69) is 15.5 Å². The molecule has 0 saturated carbocycles. The highest BCUT2D eigenvalue weighted by Crippen LogP contribution is 2.22. The lowest BCUT2D eigenvalue weighted by molar-refractivity contribution is -0.115. The molecule has 0 atom stereocenters. The number of aromatic nitrogens is 2. The largest absolute Gasteiger partial charge is 0.356 e. The third kappa shape index (κ3) is 3.51. The molecule has 1 amide bonds. The molecule has 6 heteroatoms. The summed E-state index contributed by atoms with van der Waals surface area (Å²) in [4.78, 5) is 16.0. The summed E-state index contributed by atoms with van der Waals surface area (Å²) in [6.07, 6.45) is 1.73. The molecule has 3 aromatic rings. The number of benzene rings is 1. The molecule has 0 aliphatic carbocycles. The van der Waals surface area contributed by atoms with E-state index in [-0.39, 0.29) is 12.3 Å². The summed E-state index contributed by atoms with van der Waals surface area (Å²) in [7, 11) is 0. The first kappa shape index (κ1) is 14.3. The number of anilines is 1. The minimum Gasteiger partial charge on any atom is -0.356 e. The summed E-state index contributed by atoms with van der Waals surface area (Å²) in [6, 6.07) is 14.3. The maximum atomic E-state index is 11.9. The van der Waals surface area contributed by atoms with E-state index in [0.717, 1.165) is 5.56 Å². The molecule has 110 valence electrons. The average Bonchev–Trinajstić information content (AvgIpc) is 2.97. The first-order valence-corrected chi connectivity index (χ1v) is 7.01. The molecule has 0 aliphatic rings. The number of hydrogen-bond donors (Lipinski definition) is 1. The average molecular weight is 314 g/mol. The summed E-state index contributed by atoms with van der Waals surface area (Å²) in [5.74, 6) is 0.904. The van der Waals surface area contributed by atoms with Crippen LogP contribution in [-0.2, 0) is 11.2 Å². The highest BCUT2D eigenvalue weighted by atomic mass is 35.5. The summed E-state index contributed by atoms with van der Waals surface area (Å²) >= 11 is 5.85. The molecule has 2 aromatic heterocycles. The Labute approximate surface area is 131 Å². The molecule has 0 fully saturated rings. The normalized spacial score (nSPS) is 10.4. The summed E-state index contributed by atoms with van der Waals surface area (Å²) in [6.45, 7) is 0. The highest BCUT2D eigenvalue weighted by Gasteiger charge is 2.11. The van der Waals surface area contributed by atoms with Crippen LogP contribution in [0.2, 0.25) is 5.02 Å². The van der Waals surface area contributed by atoms with Crippen LogP contribution in [0.5, 0.6) is 0 Å². The van der Waals surface area contributed by atoms with Crippen LogP contribution in [0.25, 0.3) is 11.3 Å². The molecule has 0 bridgehead atoms. The molecule has 0 unspecified atom stereocenters. The van der Waals surface area contributed by atoms with Gasteiger partial charge in [-0.25, -0.2) is 4.98 Å². The molecule has 0 radical (unpaired) electrons. The molecule has 3 rings (SSSR count). The summed E-state index contributed by atoms with van der Waals surface area (Å²) in [5, 5.41) is 7.26. The molecular weight excluding hydrogens is 302 g/mol. The van der Waals surface area contributed by atoms with Crippen molar-refractivity contribution in [2.45, 2.75) is 6.42 Å². The van der Waals surface area contributed by atoms with E-state index >= 15 is 0 Å². The zero-order valence-electron chi connectivity index (χ0n) is 11.5. The number of halogens is 1. The molecule has 5 nitrogen and oxygen atoms in total. The van der Waals surface area contributed by atoms with Gasteiger partial charge in [0.2, 0.25) is 5.91 Å². The fourth-order valence-corrected chi connectivity index (χ4v) is 2.06. The van der Waals surface area contributed by atoms with E-state index in [0.29, 0.717) is 22.3 Å². The summed E-state index contributed by atoms with van der Waals surface area (Å²) < 4.78 is 5.25. The number of nitrogens with one attached hydrogen (secondary N) is 1. The third-order valence-electron chi connectivity index (χ3n) is 2.96. The first-order valence-electron chi connectivity index (χ1n) is 6.63. The van der Waals surface area contributed by atoms with Crippen molar-refractivity contribution in [3.8, 4) is 11.3 Å². The van der Waals surface area contributed by atoms with Crippen LogP contribution in [0.4, 0.5) is 5.82 Å². The number of rotatable bonds is 4. The zero-order chi connectivity index (χ0) is 15.4. The van der Waals surface area contributed by atoms with Gasteiger partial charge in [-0.05, 0) is 36.4 Å². The topological polar surface area (TPSA) is 68.0 Å². The standard InChI is InChI=1S/C16H12ClN3O2/c17-12-6-4-11(5-7-12)14-9-13(20-22-14)10-16(21)19-15-3-1-2-8-18-15/h1-9H,10H2,(H,18,19,21). The van der Waals surface area contributed by atoms with Gasteiger partial charge < -0.3 is 9.84 Å². The smallest absolute Gasteiger partial charge is 0.231 e. The van der Waals surface area contributed by atoms with E-state index in [9.17, 15) is 4.79 Å². The number of amides is 1. The number of nitrogens with zero attached hydrogens (tertiary/aromatic N) is 2. The van der Waals surface area contributed by atoms with Crippen LogP contribution < -0.4 is 5.32 Å². The predicted octanol–water partition coefficient (Wildman–Crippen LogP) is 3.57. The zero-order valence-corrected chi connectivity index (χ0v) is 12.2. The van der Waals surface area contributed by atoms with Gasteiger partial charge in [-0.1, -0.05) is 22.8 Å². The quantitative estimate of drug-likeness (QED) is 0.799. The molecule has 0 aliphatic heterocycles. The molecule has 2 heterocycles. The van der Waals surface area contributed by atoms with Crippen LogP contribution in [0.3, 0.4) is 0 Å². The van der Waals surface area contributed by atoms with Crippen LogP contribution >= 0.6 is 11.6 Å². The van der Waals surface area contributed by atoms with Crippen LogP contribution in [-0.4, -0.2) is 16.0 Å². The Hall–Kier alpha value is -2.66. The van der Waals surface area contributed by atoms with Gasteiger partial charge in [0.25, 0.3) is 0 Å². The number of carbonyl (C=O) groups is 1. The minimum absolute atomic E-state index is 0.119. The van der Waals surface area contributed by atoms with Crippen molar-refractivity contribution in [2.24, 2.45) is 0 Å². The molecule has 22 heavy (non-hydrogen) atoms. The number of hydrogen-bond acceptors (Lipinski definition) is 4. The van der Waals surface area contributed by atoms with Gasteiger partial charge in [0.15, 0.2) is 5.76 Å². The van der Waals surface area contributed by atoms with Crippen LogP contribution in [0.1, 0.15) is 5.69 Å². The Balaban J connectivity index is 1.66. The minimum atomic E-state index is -0.199. The van der Waals surface area contributed by atoms with Gasteiger partial charge in [0.1, 0.15) is 5.82 Å². The van der Waals surface area contributed by atoms with Gasteiger partial charge in [-0.2, -0.15) is 0 Å². The molecule has 0 saturated heterocycles. The fraction of sp³-hybridized carbons (Fsp3) is 0.0625. The van der Waals surface area contributed by atoms with E-state index in [4.69, 9.17) is 16.1 Å². The van der Waals surface area contributed by atoms with Crippen molar-refractivity contribution >= 4 is 23.3 Å². The predicted molar refractivity (Wildman–Crippen MR) is 83.5 cm³/mol. The Morgan fingerprint density at radius 1 is 1.18 bits per heavy atom. The van der Waals surface area contributed by atoms with Crippen molar-refractivity contribution in [2.75, 3.05) is 5.32 Å². The van der Waals surface area contributed by atoms with E-state index in [1.165, 1.54) is 0 Å².